The molecule has 0 radical (unpaired) electrons. The van der Waals surface area contributed by atoms with Gasteiger partial charge in [0.2, 0.25) is 0 Å². The van der Waals surface area contributed by atoms with E-state index in [0.717, 1.165) is 15.4 Å². The van der Waals surface area contributed by atoms with E-state index < -0.39 is 11.9 Å². The Bertz CT molecular complexity index is 894. The monoisotopic (exact) mass is 383 g/mol. The maximum absolute atomic E-state index is 12.2. The molecule has 0 fully saturated rings. The van der Waals surface area contributed by atoms with Crippen molar-refractivity contribution in [2.24, 2.45) is 5.41 Å². The molecule has 1 aromatic rings. The van der Waals surface area contributed by atoms with Crippen LogP contribution in [0.15, 0.2) is 52.5 Å². The molecular formula is C21H21NO4S. The maximum Gasteiger partial charge on any atom is 0.349 e. The molecule has 1 aromatic carbocycles. The topological polar surface area (TPSA) is 87.4 Å². The number of carbonyl (C=O) groups excluding carboxylic acids is 1. The van der Waals surface area contributed by atoms with Crippen LogP contribution in [0.4, 0.5) is 0 Å². The molecule has 6 heteroatoms. The number of carbonyl (C=O) groups is 2. The van der Waals surface area contributed by atoms with E-state index in [4.69, 9.17) is 9.84 Å². The molecular weight excluding hydrogens is 362 g/mol. The highest BCUT2D eigenvalue weighted by atomic mass is 32.2. The summed E-state index contributed by atoms with van der Waals surface area (Å²) in [7, 11) is 0. The van der Waals surface area contributed by atoms with Crippen LogP contribution in [0.1, 0.15) is 43.6 Å². The van der Waals surface area contributed by atoms with Crippen molar-refractivity contribution in [2.45, 2.75) is 27.7 Å². The Kier molecular flexibility index (Phi) is 6.29. The van der Waals surface area contributed by atoms with Gasteiger partial charge < -0.3 is 9.84 Å². The first-order chi connectivity index (χ1) is 12.7. The number of thioether (sulfide) groups is 1. The van der Waals surface area contributed by atoms with Crippen molar-refractivity contribution in [3.63, 3.8) is 0 Å². The number of nitriles is 1. The molecule has 0 unspecified atom stereocenters. The molecule has 0 bridgehead atoms. The number of hydrogen-bond acceptors (Lipinski definition) is 5. The summed E-state index contributed by atoms with van der Waals surface area (Å²) in [6, 6.07) is 8.47. The van der Waals surface area contributed by atoms with Crippen molar-refractivity contribution in [1.82, 2.24) is 0 Å². The fraction of sp³-hybridized carbons (Fsp3) is 0.286. The highest BCUT2D eigenvalue weighted by molar-refractivity contribution is 8.11. The summed E-state index contributed by atoms with van der Waals surface area (Å²) >= 11 is 1.54. The standard InChI is InChI=1S/C21H21NO4S/c1-5-26-20(25)16(12-22)15-10-17(27-18(11-15)21(2,3)4)13-6-8-14(9-7-13)19(23)24/h6-11H,5H2,1-4H3,(H,23,24)/b16-15+. The van der Waals surface area contributed by atoms with Crippen molar-refractivity contribution in [2.75, 3.05) is 6.61 Å². The number of esters is 1. The molecule has 0 atom stereocenters. The van der Waals surface area contributed by atoms with Crippen molar-refractivity contribution in [1.29, 1.82) is 5.26 Å². The summed E-state index contributed by atoms with van der Waals surface area (Å²) < 4.78 is 5.00. The second kappa shape index (κ2) is 8.28. The average molecular weight is 383 g/mol. The van der Waals surface area contributed by atoms with Crippen LogP contribution in [0.5, 0.6) is 0 Å². The van der Waals surface area contributed by atoms with Crippen LogP contribution in [0, 0.1) is 16.7 Å². The summed E-state index contributed by atoms with van der Waals surface area (Å²) in [5.41, 5.74) is 1.28. The van der Waals surface area contributed by atoms with E-state index in [1.807, 2.05) is 12.1 Å². The normalized spacial score (nSPS) is 16.0. The number of carboxylic acids is 1. The Hall–Kier alpha value is -2.78. The fourth-order valence-electron chi connectivity index (χ4n) is 2.37. The highest BCUT2D eigenvalue weighted by Crippen LogP contribution is 2.47. The number of ether oxygens (including phenoxy) is 1. The number of nitrogens with zero attached hydrogens (tertiary/aromatic N) is 1. The zero-order valence-corrected chi connectivity index (χ0v) is 16.5. The minimum absolute atomic E-state index is 0.0430. The lowest BCUT2D eigenvalue weighted by molar-refractivity contribution is -0.138. The first kappa shape index (κ1) is 20.5. The smallest absolute Gasteiger partial charge is 0.349 e. The van der Waals surface area contributed by atoms with Gasteiger partial charge in [-0.05, 0) is 47.1 Å². The van der Waals surface area contributed by atoms with Crippen LogP contribution < -0.4 is 0 Å². The lowest BCUT2D eigenvalue weighted by atomic mass is 9.93. The Morgan fingerprint density at radius 2 is 1.81 bits per heavy atom. The lowest BCUT2D eigenvalue weighted by Gasteiger charge is -2.27. The molecule has 0 aromatic heterocycles. The summed E-state index contributed by atoms with van der Waals surface area (Å²) in [5, 5.41) is 18.5. The molecule has 1 heterocycles. The minimum atomic E-state index is -0.989. The maximum atomic E-state index is 12.2. The van der Waals surface area contributed by atoms with E-state index in [-0.39, 0.29) is 23.2 Å². The van der Waals surface area contributed by atoms with Gasteiger partial charge in [-0.1, -0.05) is 44.7 Å². The van der Waals surface area contributed by atoms with Gasteiger partial charge in [0, 0.05) is 10.5 Å². The van der Waals surface area contributed by atoms with Gasteiger partial charge in [0.25, 0.3) is 0 Å². The third kappa shape index (κ3) is 4.89. The van der Waals surface area contributed by atoms with E-state index in [1.165, 1.54) is 12.1 Å². The second-order valence-corrected chi connectivity index (χ2v) is 8.00. The van der Waals surface area contributed by atoms with Gasteiger partial charge in [-0.3, -0.25) is 0 Å². The number of hydrogen-bond donors (Lipinski definition) is 1. The van der Waals surface area contributed by atoms with Gasteiger partial charge in [-0.25, -0.2) is 9.59 Å². The predicted octanol–water partition coefficient (Wildman–Crippen LogP) is 4.79. The van der Waals surface area contributed by atoms with Crippen LogP contribution in [0.25, 0.3) is 4.91 Å². The molecule has 140 valence electrons. The average Bonchev–Trinajstić information content (AvgIpc) is 2.61. The molecule has 1 N–H and O–H groups in total. The van der Waals surface area contributed by atoms with Crippen molar-refractivity contribution in [3.8, 4) is 6.07 Å². The van der Waals surface area contributed by atoms with Crippen LogP contribution in [0.3, 0.4) is 0 Å². The van der Waals surface area contributed by atoms with Crippen molar-refractivity contribution >= 4 is 28.6 Å². The lowest BCUT2D eigenvalue weighted by Crippen LogP contribution is -2.12. The summed E-state index contributed by atoms with van der Waals surface area (Å²) in [5.74, 6) is -1.64. The van der Waals surface area contributed by atoms with E-state index >= 15 is 0 Å². The number of allylic oxidation sites excluding steroid dienone is 4. The van der Waals surface area contributed by atoms with Crippen LogP contribution in [-0.4, -0.2) is 23.7 Å². The van der Waals surface area contributed by atoms with Gasteiger partial charge in [-0.15, -0.1) is 0 Å². The second-order valence-electron chi connectivity index (χ2n) is 6.91. The molecule has 1 aliphatic rings. The van der Waals surface area contributed by atoms with Gasteiger partial charge >= 0.3 is 11.9 Å². The van der Waals surface area contributed by atoms with E-state index in [2.05, 4.69) is 20.8 Å². The van der Waals surface area contributed by atoms with Crippen molar-refractivity contribution in [3.05, 3.63) is 63.6 Å². The van der Waals surface area contributed by atoms with Gasteiger partial charge in [0.05, 0.1) is 12.2 Å². The Labute approximate surface area is 163 Å². The SMILES string of the molecule is CCOC(=O)/C(C#N)=C1\C=C(c2ccc(C(=O)O)cc2)SC(C(C)(C)C)=C1. The molecule has 5 nitrogen and oxygen atoms in total. The molecule has 0 spiro atoms. The van der Waals surface area contributed by atoms with E-state index in [9.17, 15) is 14.9 Å². The molecule has 0 amide bonds. The largest absolute Gasteiger partial charge is 0.478 e. The number of rotatable bonds is 4. The predicted molar refractivity (Wildman–Crippen MR) is 106 cm³/mol. The zero-order chi connectivity index (χ0) is 20.2. The fourth-order valence-corrected chi connectivity index (χ4v) is 3.53. The van der Waals surface area contributed by atoms with Gasteiger partial charge in [0.1, 0.15) is 11.6 Å². The van der Waals surface area contributed by atoms with E-state index in [1.54, 1.807) is 36.9 Å². The summed E-state index contributed by atoms with van der Waals surface area (Å²) in [4.78, 5) is 25.1. The Balaban J connectivity index is 2.58. The number of carboxylic acid groups (broad SMARTS) is 1. The summed E-state index contributed by atoms with van der Waals surface area (Å²) in [6.45, 7) is 8.04. The molecule has 0 aliphatic carbocycles. The van der Waals surface area contributed by atoms with Crippen molar-refractivity contribution < 1.29 is 19.4 Å². The molecule has 1 aliphatic heterocycles. The third-order valence-electron chi connectivity index (χ3n) is 3.83. The minimum Gasteiger partial charge on any atom is -0.478 e. The molecule has 0 saturated heterocycles. The van der Waals surface area contributed by atoms with Crippen LogP contribution in [-0.2, 0) is 9.53 Å². The Morgan fingerprint density at radius 3 is 2.30 bits per heavy atom. The van der Waals surface area contributed by atoms with E-state index in [0.29, 0.717) is 5.57 Å². The number of aromatic carboxylic acids is 1. The molecule has 27 heavy (non-hydrogen) atoms. The highest BCUT2D eigenvalue weighted by Gasteiger charge is 2.26. The first-order valence-corrected chi connectivity index (χ1v) is 9.26. The molecule has 0 saturated carbocycles. The van der Waals surface area contributed by atoms with Crippen LogP contribution in [0.2, 0.25) is 0 Å². The van der Waals surface area contributed by atoms with Gasteiger partial charge in [-0.2, -0.15) is 5.26 Å². The first-order valence-electron chi connectivity index (χ1n) is 8.44. The third-order valence-corrected chi connectivity index (χ3v) is 5.35. The number of benzene rings is 1. The summed E-state index contributed by atoms with van der Waals surface area (Å²) in [6.07, 6.45) is 3.61. The quantitative estimate of drug-likeness (QED) is 0.457. The zero-order valence-electron chi connectivity index (χ0n) is 15.7. The van der Waals surface area contributed by atoms with Gasteiger partial charge in [0.15, 0.2) is 0 Å². The Morgan fingerprint density at radius 1 is 1.19 bits per heavy atom. The van der Waals surface area contributed by atoms with Crippen LogP contribution >= 0.6 is 11.8 Å². The molecule has 2 rings (SSSR count).